The van der Waals surface area contributed by atoms with Crippen molar-refractivity contribution in [2.24, 2.45) is 0 Å². The minimum atomic E-state index is -0.610. The van der Waals surface area contributed by atoms with Gasteiger partial charge in [-0.25, -0.2) is 0 Å². The van der Waals surface area contributed by atoms with Gasteiger partial charge >= 0.3 is 0 Å². The molecule has 1 unspecified atom stereocenters. The number of amides is 1. The van der Waals surface area contributed by atoms with Gasteiger partial charge < -0.3 is 10.1 Å². The van der Waals surface area contributed by atoms with Crippen LogP contribution in [0.15, 0.2) is 54.6 Å². The third-order valence-corrected chi connectivity index (χ3v) is 4.08. The summed E-state index contributed by atoms with van der Waals surface area (Å²) < 4.78 is 5.63. The van der Waals surface area contributed by atoms with Crippen molar-refractivity contribution < 1.29 is 9.53 Å². The van der Waals surface area contributed by atoms with Crippen LogP contribution < -0.4 is 10.1 Å². The van der Waals surface area contributed by atoms with Gasteiger partial charge in [-0.2, -0.15) is 0 Å². The molecule has 0 saturated carbocycles. The Hall–Kier alpha value is -2.00. The van der Waals surface area contributed by atoms with E-state index in [2.05, 4.69) is 31.3 Å². The first-order valence-electron chi connectivity index (χ1n) is 7.64. The summed E-state index contributed by atoms with van der Waals surface area (Å²) in [6, 6.07) is 17.3. The first-order chi connectivity index (χ1) is 10.9. The molecule has 2 rings (SSSR count). The zero-order valence-corrected chi connectivity index (χ0v) is 14.4. The second-order valence-electron chi connectivity index (χ2n) is 6.16. The second-order valence-corrected chi connectivity index (χ2v) is 6.57. The second kappa shape index (κ2) is 7.51. The van der Waals surface area contributed by atoms with Gasteiger partial charge in [-0.05, 0) is 24.6 Å². The summed E-state index contributed by atoms with van der Waals surface area (Å²) in [6.45, 7) is 6.45. The van der Waals surface area contributed by atoms with E-state index in [-0.39, 0.29) is 11.3 Å². The molecule has 0 heterocycles. The van der Waals surface area contributed by atoms with Gasteiger partial charge in [-0.15, -0.1) is 0 Å². The Bertz CT molecular complexity index is 655. The largest absolute Gasteiger partial charge is 0.479 e. The van der Waals surface area contributed by atoms with E-state index in [0.717, 1.165) is 0 Å². The highest BCUT2D eigenvalue weighted by atomic mass is 35.5. The van der Waals surface area contributed by atoms with E-state index in [4.69, 9.17) is 16.3 Å². The quantitative estimate of drug-likeness (QED) is 0.861. The predicted molar refractivity (Wildman–Crippen MR) is 94.0 cm³/mol. The Labute approximate surface area is 142 Å². The number of hydrogen-bond donors (Lipinski definition) is 1. The maximum atomic E-state index is 12.3. The van der Waals surface area contributed by atoms with Crippen LogP contribution in [0.3, 0.4) is 0 Å². The summed E-state index contributed by atoms with van der Waals surface area (Å²) in [4.78, 5) is 12.3. The number of rotatable bonds is 6. The van der Waals surface area contributed by atoms with Gasteiger partial charge in [0.1, 0.15) is 5.75 Å². The van der Waals surface area contributed by atoms with Crippen molar-refractivity contribution in [2.75, 3.05) is 6.54 Å². The summed E-state index contributed by atoms with van der Waals surface area (Å²) in [6.07, 6.45) is -0.610. The SMILES string of the molecule is CC(Oc1ccccc1Cl)C(=O)NCC(C)(C)c1ccccc1. The third kappa shape index (κ3) is 4.73. The van der Waals surface area contributed by atoms with Crippen molar-refractivity contribution >= 4 is 17.5 Å². The molecule has 0 bridgehead atoms. The topological polar surface area (TPSA) is 38.3 Å². The molecular formula is C19H22ClNO2. The average molecular weight is 332 g/mol. The third-order valence-electron chi connectivity index (χ3n) is 3.77. The van der Waals surface area contributed by atoms with Crippen LogP contribution in [0.25, 0.3) is 0 Å². The zero-order valence-electron chi connectivity index (χ0n) is 13.7. The van der Waals surface area contributed by atoms with Crippen LogP contribution in [0, 0.1) is 0 Å². The van der Waals surface area contributed by atoms with Crippen molar-refractivity contribution in [1.29, 1.82) is 0 Å². The lowest BCUT2D eigenvalue weighted by Crippen LogP contribution is -2.42. The number of carbonyl (C=O) groups is 1. The van der Waals surface area contributed by atoms with Crippen molar-refractivity contribution in [2.45, 2.75) is 32.3 Å². The normalized spacial score (nSPS) is 12.5. The van der Waals surface area contributed by atoms with E-state index in [1.807, 2.05) is 30.3 Å². The highest BCUT2D eigenvalue weighted by molar-refractivity contribution is 6.32. The van der Waals surface area contributed by atoms with Crippen LogP contribution in [0.4, 0.5) is 0 Å². The smallest absolute Gasteiger partial charge is 0.260 e. The van der Waals surface area contributed by atoms with Gasteiger partial charge in [0.05, 0.1) is 5.02 Å². The molecule has 0 fully saturated rings. The van der Waals surface area contributed by atoms with Gasteiger partial charge in [-0.1, -0.05) is 67.9 Å². The van der Waals surface area contributed by atoms with Crippen molar-refractivity contribution in [3.05, 3.63) is 65.2 Å². The van der Waals surface area contributed by atoms with E-state index in [1.54, 1.807) is 19.1 Å². The molecule has 0 aliphatic carbocycles. The van der Waals surface area contributed by atoms with Gasteiger partial charge in [0.25, 0.3) is 5.91 Å². The molecule has 1 atom stereocenters. The van der Waals surface area contributed by atoms with Crippen LogP contribution in [-0.4, -0.2) is 18.6 Å². The highest BCUT2D eigenvalue weighted by Gasteiger charge is 2.23. The molecular weight excluding hydrogens is 310 g/mol. The van der Waals surface area contributed by atoms with E-state index in [0.29, 0.717) is 17.3 Å². The maximum Gasteiger partial charge on any atom is 0.260 e. The fourth-order valence-corrected chi connectivity index (χ4v) is 2.41. The van der Waals surface area contributed by atoms with Crippen LogP contribution in [0.2, 0.25) is 5.02 Å². The molecule has 0 saturated heterocycles. The van der Waals surface area contributed by atoms with Gasteiger partial charge in [0.15, 0.2) is 6.10 Å². The summed E-state index contributed by atoms with van der Waals surface area (Å²) >= 11 is 6.05. The number of benzene rings is 2. The number of para-hydroxylation sites is 1. The first kappa shape index (κ1) is 17.4. The minimum absolute atomic E-state index is 0.152. The van der Waals surface area contributed by atoms with Crippen LogP contribution in [0.1, 0.15) is 26.3 Å². The molecule has 23 heavy (non-hydrogen) atoms. The summed E-state index contributed by atoms with van der Waals surface area (Å²) in [5.74, 6) is 0.355. The van der Waals surface area contributed by atoms with E-state index < -0.39 is 6.10 Å². The molecule has 0 spiro atoms. The van der Waals surface area contributed by atoms with Crippen molar-refractivity contribution in [1.82, 2.24) is 5.32 Å². The Morgan fingerprint density at radius 1 is 1.13 bits per heavy atom. The highest BCUT2D eigenvalue weighted by Crippen LogP contribution is 2.24. The van der Waals surface area contributed by atoms with Gasteiger partial charge in [0, 0.05) is 12.0 Å². The minimum Gasteiger partial charge on any atom is -0.479 e. The maximum absolute atomic E-state index is 12.3. The fourth-order valence-electron chi connectivity index (χ4n) is 2.23. The molecule has 0 aliphatic rings. The monoisotopic (exact) mass is 331 g/mol. The van der Waals surface area contributed by atoms with Crippen LogP contribution in [0.5, 0.6) is 5.75 Å². The van der Waals surface area contributed by atoms with E-state index >= 15 is 0 Å². The molecule has 2 aromatic rings. The average Bonchev–Trinajstić information content (AvgIpc) is 2.55. The molecule has 0 aliphatic heterocycles. The number of nitrogens with one attached hydrogen (secondary N) is 1. The lowest BCUT2D eigenvalue weighted by atomic mass is 9.84. The molecule has 2 aromatic carbocycles. The van der Waals surface area contributed by atoms with Gasteiger partial charge in [-0.3, -0.25) is 4.79 Å². The molecule has 4 heteroatoms. The number of carbonyl (C=O) groups excluding carboxylic acids is 1. The van der Waals surface area contributed by atoms with Gasteiger partial charge in [0.2, 0.25) is 0 Å². The Morgan fingerprint density at radius 3 is 2.39 bits per heavy atom. The lowest BCUT2D eigenvalue weighted by Gasteiger charge is -2.26. The fraction of sp³-hybridized carbons (Fsp3) is 0.316. The van der Waals surface area contributed by atoms with Crippen LogP contribution in [-0.2, 0) is 10.2 Å². The number of hydrogen-bond acceptors (Lipinski definition) is 2. The first-order valence-corrected chi connectivity index (χ1v) is 8.02. The Morgan fingerprint density at radius 2 is 1.74 bits per heavy atom. The predicted octanol–water partition coefficient (Wildman–Crippen LogP) is 4.20. The van der Waals surface area contributed by atoms with Crippen molar-refractivity contribution in [3.63, 3.8) is 0 Å². The summed E-state index contributed by atoms with van der Waals surface area (Å²) in [5.41, 5.74) is 1.03. The standard InChI is InChI=1S/C19H22ClNO2/c1-14(23-17-12-8-7-11-16(17)20)18(22)21-13-19(2,3)15-9-5-4-6-10-15/h4-12,14H,13H2,1-3H3,(H,21,22). The zero-order chi connectivity index (χ0) is 16.9. The molecule has 1 amide bonds. The molecule has 0 aromatic heterocycles. The summed E-state index contributed by atoms with van der Waals surface area (Å²) in [7, 11) is 0. The number of halogens is 1. The van der Waals surface area contributed by atoms with Crippen LogP contribution >= 0.6 is 11.6 Å². The molecule has 1 N–H and O–H groups in total. The molecule has 3 nitrogen and oxygen atoms in total. The van der Waals surface area contributed by atoms with E-state index in [9.17, 15) is 4.79 Å². The molecule has 122 valence electrons. The Kier molecular flexibility index (Phi) is 5.67. The number of ether oxygens (including phenoxy) is 1. The molecule has 0 radical (unpaired) electrons. The lowest BCUT2D eigenvalue weighted by molar-refractivity contribution is -0.127. The Balaban J connectivity index is 1.93. The summed E-state index contributed by atoms with van der Waals surface area (Å²) in [5, 5.41) is 3.45. The van der Waals surface area contributed by atoms with Crippen molar-refractivity contribution in [3.8, 4) is 5.75 Å². The van der Waals surface area contributed by atoms with E-state index in [1.165, 1.54) is 5.56 Å².